The van der Waals surface area contributed by atoms with Crippen LogP contribution in [0.1, 0.15) is 31.2 Å². The van der Waals surface area contributed by atoms with Crippen molar-refractivity contribution in [2.75, 3.05) is 27.2 Å². The average Bonchev–Trinajstić information content (AvgIpc) is 2.74. The fourth-order valence-corrected chi connectivity index (χ4v) is 3.95. The van der Waals surface area contributed by atoms with Gasteiger partial charge in [0.2, 0.25) is 11.8 Å². The zero-order chi connectivity index (χ0) is 17.1. The quantitative estimate of drug-likeness (QED) is 0.853. The van der Waals surface area contributed by atoms with Gasteiger partial charge in [0.1, 0.15) is 5.75 Å². The summed E-state index contributed by atoms with van der Waals surface area (Å²) in [5.41, 5.74) is 1.01. The molecular formula is C19H26N2O3. The van der Waals surface area contributed by atoms with E-state index in [0.29, 0.717) is 24.8 Å². The van der Waals surface area contributed by atoms with Crippen LogP contribution in [0.5, 0.6) is 5.75 Å². The summed E-state index contributed by atoms with van der Waals surface area (Å²) in [5.74, 6) is 1.64. The molecule has 1 aromatic carbocycles. The Morgan fingerprint density at radius 3 is 2.71 bits per heavy atom. The number of piperidine rings is 1. The maximum Gasteiger partial charge on any atom is 0.227 e. The van der Waals surface area contributed by atoms with E-state index < -0.39 is 0 Å². The van der Waals surface area contributed by atoms with E-state index in [2.05, 4.69) is 0 Å². The topological polar surface area (TPSA) is 49.9 Å². The molecule has 0 N–H and O–H groups in total. The summed E-state index contributed by atoms with van der Waals surface area (Å²) in [6.45, 7) is 1.52. The Hall–Kier alpha value is -2.04. The van der Waals surface area contributed by atoms with Crippen molar-refractivity contribution in [3.05, 3.63) is 29.8 Å². The number of nitrogens with zero attached hydrogens (tertiary/aromatic N) is 2. The average molecular weight is 330 g/mol. The van der Waals surface area contributed by atoms with Crippen LogP contribution in [-0.4, -0.2) is 54.9 Å². The van der Waals surface area contributed by atoms with Crippen LogP contribution in [0.2, 0.25) is 0 Å². The first-order chi connectivity index (χ1) is 11.6. The number of amides is 2. The second-order valence-electron chi connectivity index (χ2n) is 6.88. The van der Waals surface area contributed by atoms with E-state index in [4.69, 9.17) is 4.74 Å². The maximum atomic E-state index is 12.6. The number of carbonyl (C=O) groups is 2. The molecular weight excluding hydrogens is 304 g/mol. The van der Waals surface area contributed by atoms with Crippen LogP contribution >= 0.6 is 0 Å². The predicted octanol–water partition coefficient (Wildman–Crippen LogP) is 2.10. The van der Waals surface area contributed by atoms with E-state index in [-0.39, 0.29) is 11.8 Å². The third-order valence-electron chi connectivity index (χ3n) is 5.42. The summed E-state index contributed by atoms with van der Waals surface area (Å²) in [6, 6.07) is 7.97. The highest BCUT2D eigenvalue weighted by Gasteiger charge is 2.36. The smallest absolute Gasteiger partial charge is 0.227 e. The number of methoxy groups -OCH3 is 1. The minimum Gasteiger partial charge on any atom is -0.497 e. The van der Waals surface area contributed by atoms with E-state index in [1.165, 1.54) is 0 Å². The van der Waals surface area contributed by atoms with E-state index in [1.54, 1.807) is 7.11 Å². The first kappa shape index (κ1) is 16.8. The lowest BCUT2D eigenvalue weighted by Crippen LogP contribution is -2.52. The van der Waals surface area contributed by atoms with Crippen molar-refractivity contribution < 1.29 is 14.3 Å². The van der Waals surface area contributed by atoms with Crippen LogP contribution < -0.4 is 4.74 Å². The Kier molecular flexibility index (Phi) is 5.07. The minimum absolute atomic E-state index is 0.178. The molecule has 5 nitrogen and oxygen atoms in total. The minimum atomic E-state index is 0.178. The summed E-state index contributed by atoms with van der Waals surface area (Å²) in [7, 11) is 3.55. The summed E-state index contributed by atoms with van der Waals surface area (Å²) >= 11 is 0. The lowest BCUT2D eigenvalue weighted by molar-refractivity contribution is -0.136. The summed E-state index contributed by atoms with van der Waals surface area (Å²) in [4.78, 5) is 28.6. The van der Waals surface area contributed by atoms with Crippen LogP contribution in [0, 0.1) is 5.92 Å². The Morgan fingerprint density at radius 2 is 2.00 bits per heavy atom. The molecule has 0 aromatic heterocycles. The standard InChI is InChI=1S/C19H26N2O3/c1-20-17-10-11-21(13-15(17)4-3-5-18(20)22)19(23)12-14-6-8-16(24-2)9-7-14/h6-9,15,17H,3-5,10-13H2,1-2H3/t15-,17+/m0/s1. The second-order valence-corrected chi connectivity index (χ2v) is 6.88. The molecule has 2 aliphatic rings. The van der Waals surface area contributed by atoms with Crippen molar-refractivity contribution in [1.29, 1.82) is 0 Å². The van der Waals surface area contributed by atoms with Gasteiger partial charge in [0.15, 0.2) is 0 Å². The normalized spacial score (nSPS) is 24.3. The molecule has 0 spiro atoms. The number of carbonyl (C=O) groups excluding carboxylic acids is 2. The number of hydrogen-bond donors (Lipinski definition) is 0. The van der Waals surface area contributed by atoms with Crippen molar-refractivity contribution in [1.82, 2.24) is 9.80 Å². The van der Waals surface area contributed by atoms with Gasteiger partial charge in [-0.05, 0) is 42.9 Å². The van der Waals surface area contributed by atoms with Crippen LogP contribution in [-0.2, 0) is 16.0 Å². The molecule has 0 radical (unpaired) electrons. The number of likely N-dealkylation sites (tertiary alicyclic amines) is 2. The molecule has 130 valence electrons. The highest BCUT2D eigenvalue weighted by Crippen LogP contribution is 2.29. The zero-order valence-corrected chi connectivity index (χ0v) is 14.5. The van der Waals surface area contributed by atoms with Gasteiger partial charge in [-0.15, -0.1) is 0 Å². The van der Waals surface area contributed by atoms with Crippen LogP contribution in [0.3, 0.4) is 0 Å². The summed E-state index contributed by atoms with van der Waals surface area (Å²) < 4.78 is 5.15. The van der Waals surface area contributed by atoms with Gasteiger partial charge < -0.3 is 14.5 Å². The number of hydrogen-bond acceptors (Lipinski definition) is 3. The highest BCUT2D eigenvalue weighted by atomic mass is 16.5. The maximum absolute atomic E-state index is 12.6. The van der Waals surface area contributed by atoms with Crippen molar-refractivity contribution in [3.8, 4) is 5.75 Å². The third kappa shape index (κ3) is 3.55. The molecule has 0 bridgehead atoms. The van der Waals surface area contributed by atoms with Gasteiger partial charge in [0.05, 0.1) is 13.5 Å². The Labute approximate surface area is 143 Å². The van der Waals surface area contributed by atoms with E-state index in [1.807, 2.05) is 41.1 Å². The molecule has 2 amide bonds. The Morgan fingerprint density at radius 1 is 1.25 bits per heavy atom. The Bertz CT molecular complexity index is 599. The molecule has 1 aromatic rings. The van der Waals surface area contributed by atoms with E-state index in [9.17, 15) is 9.59 Å². The Balaban J connectivity index is 1.61. The van der Waals surface area contributed by atoms with Crippen LogP contribution in [0.25, 0.3) is 0 Å². The fourth-order valence-electron chi connectivity index (χ4n) is 3.95. The fraction of sp³-hybridized carbons (Fsp3) is 0.579. The SMILES string of the molecule is COc1ccc(CC(=O)N2CC[C@@H]3[C@@H](CCCC(=O)N3C)C2)cc1. The van der Waals surface area contributed by atoms with Gasteiger partial charge in [-0.1, -0.05) is 12.1 Å². The molecule has 2 saturated heterocycles. The van der Waals surface area contributed by atoms with Gasteiger partial charge in [0, 0.05) is 32.6 Å². The molecule has 3 rings (SSSR count). The highest BCUT2D eigenvalue weighted by molar-refractivity contribution is 5.79. The summed E-state index contributed by atoms with van der Waals surface area (Å²) in [5, 5.41) is 0. The molecule has 0 aliphatic carbocycles. The van der Waals surface area contributed by atoms with Crippen LogP contribution in [0.4, 0.5) is 0 Å². The number of ether oxygens (including phenoxy) is 1. The molecule has 0 unspecified atom stereocenters. The molecule has 5 heteroatoms. The van der Waals surface area contributed by atoms with Gasteiger partial charge in [-0.2, -0.15) is 0 Å². The summed E-state index contributed by atoms with van der Waals surface area (Å²) in [6.07, 6.45) is 3.93. The molecule has 0 saturated carbocycles. The van der Waals surface area contributed by atoms with Crippen molar-refractivity contribution in [2.24, 2.45) is 5.92 Å². The number of rotatable bonds is 3. The zero-order valence-electron chi connectivity index (χ0n) is 14.5. The van der Waals surface area contributed by atoms with E-state index in [0.717, 1.165) is 43.7 Å². The number of benzene rings is 1. The molecule has 24 heavy (non-hydrogen) atoms. The molecule has 2 heterocycles. The first-order valence-electron chi connectivity index (χ1n) is 8.75. The molecule has 2 aliphatic heterocycles. The van der Waals surface area contributed by atoms with Crippen molar-refractivity contribution in [3.63, 3.8) is 0 Å². The van der Waals surface area contributed by atoms with Crippen molar-refractivity contribution in [2.45, 2.75) is 38.1 Å². The van der Waals surface area contributed by atoms with Crippen molar-refractivity contribution >= 4 is 11.8 Å². The third-order valence-corrected chi connectivity index (χ3v) is 5.42. The molecule has 2 fully saturated rings. The first-order valence-corrected chi connectivity index (χ1v) is 8.75. The monoisotopic (exact) mass is 330 g/mol. The predicted molar refractivity (Wildman–Crippen MR) is 91.8 cm³/mol. The number of fused-ring (bicyclic) bond motifs is 1. The largest absolute Gasteiger partial charge is 0.497 e. The van der Waals surface area contributed by atoms with E-state index >= 15 is 0 Å². The van der Waals surface area contributed by atoms with Gasteiger partial charge in [-0.3, -0.25) is 9.59 Å². The van der Waals surface area contributed by atoms with Gasteiger partial charge in [0.25, 0.3) is 0 Å². The lowest BCUT2D eigenvalue weighted by atomic mass is 9.88. The van der Waals surface area contributed by atoms with Gasteiger partial charge in [-0.25, -0.2) is 0 Å². The van der Waals surface area contributed by atoms with Crippen LogP contribution in [0.15, 0.2) is 24.3 Å². The molecule has 2 atom stereocenters. The lowest BCUT2D eigenvalue weighted by Gasteiger charge is -2.41. The second kappa shape index (κ2) is 7.24. The van der Waals surface area contributed by atoms with Gasteiger partial charge >= 0.3 is 0 Å².